The normalized spacial score (nSPS) is 10.1. The SMILES string of the molecule is Cc1ccc(F)cc1C(=O)NCCCI. The second-order valence-electron chi connectivity index (χ2n) is 3.26. The first-order chi connectivity index (χ1) is 7.15. The number of carbonyl (C=O) groups excluding carboxylic acids is 1. The van der Waals surface area contributed by atoms with Crippen molar-refractivity contribution in [3.63, 3.8) is 0 Å². The maximum atomic E-state index is 12.9. The average Bonchev–Trinajstić information content (AvgIpc) is 2.22. The highest BCUT2D eigenvalue weighted by Gasteiger charge is 2.08. The summed E-state index contributed by atoms with van der Waals surface area (Å²) in [6, 6.07) is 4.24. The second kappa shape index (κ2) is 6.05. The molecule has 1 aromatic rings. The monoisotopic (exact) mass is 321 g/mol. The van der Waals surface area contributed by atoms with E-state index in [2.05, 4.69) is 27.9 Å². The average molecular weight is 321 g/mol. The summed E-state index contributed by atoms with van der Waals surface area (Å²) in [5.41, 5.74) is 1.21. The Kier molecular flexibility index (Phi) is 5.01. The Morgan fingerprint density at radius 1 is 1.53 bits per heavy atom. The number of benzene rings is 1. The number of alkyl halides is 1. The number of nitrogens with one attached hydrogen (secondary N) is 1. The lowest BCUT2D eigenvalue weighted by atomic mass is 10.1. The highest BCUT2D eigenvalue weighted by molar-refractivity contribution is 14.1. The predicted octanol–water partition coefficient (Wildman–Crippen LogP) is 2.69. The third kappa shape index (κ3) is 3.77. The standard InChI is InChI=1S/C11H13FINO/c1-8-3-4-9(12)7-10(8)11(15)14-6-2-5-13/h3-4,7H,2,5-6H2,1H3,(H,14,15). The second-order valence-corrected chi connectivity index (χ2v) is 4.34. The maximum absolute atomic E-state index is 12.9. The number of hydrogen-bond acceptors (Lipinski definition) is 1. The summed E-state index contributed by atoms with van der Waals surface area (Å²) in [5, 5.41) is 2.76. The van der Waals surface area contributed by atoms with Crippen LogP contribution < -0.4 is 5.32 Å². The summed E-state index contributed by atoms with van der Waals surface area (Å²) >= 11 is 2.25. The van der Waals surface area contributed by atoms with Crippen molar-refractivity contribution in [1.29, 1.82) is 0 Å². The van der Waals surface area contributed by atoms with Crippen molar-refractivity contribution in [2.75, 3.05) is 11.0 Å². The molecule has 82 valence electrons. The first-order valence-corrected chi connectivity index (χ1v) is 6.28. The molecule has 1 rings (SSSR count). The van der Waals surface area contributed by atoms with Gasteiger partial charge in [0.25, 0.3) is 5.91 Å². The highest BCUT2D eigenvalue weighted by Crippen LogP contribution is 2.09. The van der Waals surface area contributed by atoms with E-state index in [0.29, 0.717) is 12.1 Å². The zero-order valence-electron chi connectivity index (χ0n) is 8.52. The van der Waals surface area contributed by atoms with Gasteiger partial charge in [0.2, 0.25) is 0 Å². The molecule has 0 aliphatic carbocycles. The zero-order chi connectivity index (χ0) is 11.3. The molecule has 1 aromatic carbocycles. The number of aryl methyl sites for hydroxylation is 1. The summed E-state index contributed by atoms with van der Waals surface area (Å²) in [4.78, 5) is 11.6. The fourth-order valence-corrected chi connectivity index (χ4v) is 1.58. The maximum Gasteiger partial charge on any atom is 0.251 e. The molecular formula is C11H13FINO. The smallest absolute Gasteiger partial charge is 0.251 e. The molecule has 0 fully saturated rings. The Hall–Kier alpha value is -0.650. The molecule has 1 N–H and O–H groups in total. The summed E-state index contributed by atoms with van der Waals surface area (Å²) in [7, 11) is 0. The third-order valence-electron chi connectivity index (χ3n) is 2.04. The van der Waals surface area contributed by atoms with Crippen molar-refractivity contribution >= 4 is 28.5 Å². The van der Waals surface area contributed by atoms with E-state index in [0.717, 1.165) is 16.4 Å². The number of hydrogen-bond donors (Lipinski definition) is 1. The molecule has 0 bridgehead atoms. The van der Waals surface area contributed by atoms with Crippen molar-refractivity contribution in [1.82, 2.24) is 5.32 Å². The molecule has 0 saturated carbocycles. The minimum absolute atomic E-state index is 0.197. The van der Waals surface area contributed by atoms with Crippen molar-refractivity contribution < 1.29 is 9.18 Å². The Balaban J connectivity index is 2.68. The fourth-order valence-electron chi connectivity index (χ4n) is 1.20. The van der Waals surface area contributed by atoms with Gasteiger partial charge in [0.1, 0.15) is 5.82 Å². The van der Waals surface area contributed by atoms with E-state index in [-0.39, 0.29) is 11.7 Å². The molecule has 15 heavy (non-hydrogen) atoms. The van der Waals surface area contributed by atoms with Gasteiger partial charge in [0.15, 0.2) is 0 Å². The molecule has 0 heterocycles. The van der Waals surface area contributed by atoms with Gasteiger partial charge in [-0.2, -0.15) is 0 Å². The van der Waals surface area contributed by atoms with E-state index < -0.39 is 0 Å². The van der Waals surface area contributed by atoms with Crippen LogP contribution in [0.15, 0.2) is 18.2 Å². The lowest BCUT2D eigenvalue weighted by molar-refractivity contribution is 0.0953. The Morgan fingerprint density at radius 2 is 2.27 bits per heavy atom. The molecule has 0 aliphatic rings. The highest BCUT2D eigenvalue weighted by atomic mass is 127. The quantitative estimate of drug-likeness (QED) is 0.516. The molecule has 0 unspecified atom stereocenters. The molecule has 2 nitrogen and oxygen atoms in total. The van der Waals surface area contributed by atoms with Crippen molar-refractivity contribution in [3.8, 4) is 0 Å². The molecule has 0 atom stereocenters. The van der Waals surface area contributed by atoms with Crippen LogP contribution in [0, 0.1) is 12.7 Å². The van der Waals surface area contributed by atoms with Gasteiger partial charge >= 0.3 is 0 Å². The van der Waals surface area contributed by atoms with Crippen molar-refractivity contribution in [2.24, 2.45) is 0 Å². The van der Waals surface area contributed by atoms with Crippen LogP contribution >= 0.6 is 22.6 Å². The zero-order valence-corrected chi connectivity index (χ0v) is 10.7. The van der Waals surface area contributed by atoms with E-state index in [1.54, 1.807) is 13.0 Å². The van der Waals surface area contributed by atoms with Crippen LogP contribution in [-0.4, -0.2) is 16.9 Å². The molecule has 1 amide bonds. The van der Waals surface area contributed by atoms with Crippen LogP contribution in [0.1, 0.15) is 22.3 Å². The van der Waals surface area contributed by atoms with Gasteiger partial charge < -0.3 is 5.32 Å². The molecule has 0 saturated heterocycles. The van der Waals surface area contributed by atoms with Crippen LogP contribution in [0.2, 0.25) is 0 Å². The summed E-state index contributed by atoms with van der Waals surface area (Å²) in [6.45, 7) is 2.43. The van der Waals surface area contributed by atoms with Crippen molar-refractivity contribution in [3.05, 3.63) is 35.1 Å². The Morgan fingerprint density at radius 3 is 2.93 bits per heavy atom. The first-order valence-electron chi connectivity index (χ1n) is 4.75. The molecule has 4 heteroatoms. The summed E-state index contributed by atoms with van der Waals surface area (Å²) in [5.74, 6) is -0.573. The van der Waals surface area contributed by atoms with Gasteiger partial charge in [0.05, 0.1) is 0 Å². The van der Waals surface area contributed by atoms with Gasteiger partial charge in [-0.05, 0) is 31.0 Å². The van der Waals surface area contributed by atoms with E-state index >= 15 is 0 Å². The molecule has 0 aromatic heterocycles. The van der Waals surface area contributed by atoms with Gasteiger partial charge in [0, 0.05) is 16.5 Å². The van der Waals surface area contributed by atoms with E-state index in [1.165, 1.54) is 12.1 Å². The molecule has 0 radical (unpaired) electrons. The minimum atomic E-state index is -0.375. The number of carbonyl (C=O) groups is 1. The van der Waals surface area contributed by atoms with Crippen LogP contribution in [0.25, 0.3) is 0 Å². The van der Waals surface area contributed by atoms with Crippen LogP contribution in [0.3, 0.4) is 0 Å². The van der Waals surface area contributed by atoms with E-state index in [9.17, 15) is 9.18 Å². The first kappa shape index (κ1) is 12.4. The summed E-state index contributed by atoms with van der Waals surface area (Å²) < 4.78 is 13.9. The molecular weight excluding hydrogens is 308 g/mol. The van der Waals surface area contributed by atoms with Gasteiger partial charge in [-0.25, -0.2) is 4.39 Å². The lowest BCUT2D eigenvalue weighted by Crippen LogP contribution is -2.25. The van der Waals surface area contributed by atoms with Crippen molar-refractivity contribution in [2.45, 2.75) is 13.3 Å². The van der Waals surface area contributed by atoms with Crippen LogP contribution in [0.5, 0.6) is 0 Å². The predicted molar refractivity (Wildman–Crippen MR) is 67.0 cm³/mol. The summed E-state index contributed by atoms with van der Waals surface area (Å²) in [6.07, 6.45) is 0.931. The van der Waals surface area contributed by atoms with Gasteiger partial charge in [-0.3, -0.25) is 4.79 Å². The van der Waals surface area contributed by atoms with Gasteiger partial charge in [-0.15, -0.1) is 0 Å². The number of halogens is 2. The van der Waals surface area contributed by atoms with Crippen LogP contribution in [-0.2, 0) is 0 Å². The Labute approximate surface area is 102 Å². The fraction of sp³-hybridized carbons (Fsp3) is 0.364. The topological polar surface area (TPSA) is 29.1 Å². The minimum Gasteiger partial charge on any atom is -0.352 e. The molecule has 0 spiro atoms. The molecule has 0 aliphatic heterocycles. The number of rotatable bonds is 4. The largest absolute Gasteiger partial charge is 0.352 e. The third-order valence-corrected chi connectivity index (χ3v) is 2.80. The van der Waals surface area contributed by atoms with Crippen LogP contribution in [0.4, 0.5) is 4.39 Å². The Bertz CT molecular complexity index is 354. The van der Waals surface area contributed by atoms with E-state index in [4.69, 9.17) is 0 Å². The van der Waals surface area contributed by atoms with E-state index in [1.807, 2.05) is 0 Å². The van der Waals surface area contributed by atoms with Gasteiger partial charge in [-0.1, -0.05) is 28.7 Å². The lowest BCUT2D eigenvalue weighted by Gasteiger charge is -2.06. The number of amides is 1.